The Bertz CT molecular complexity index is 534. The summed E-state index contributed by atoms with van der Waals surface area (Å²) in [6.45, 7) is 1.99. The lowest BCUT2D eigenvalue weighted by atomic mass is 9.92. The van der Waals surface area contributed by atoms with E-state index in [4.69, 9.17) is 0 Å². The maximum atomic E-state index is 12.9. The van der Waals surface area contributed by atoms with Gasteiger partial charge < -0.3 is 0 Å². The summed E-state index contributed by atoms with van der Waals surface area (Å²) in [5, 5.41) is 0. The van der Waals surface area contributed by atoms with E-state index in [2.05, 4.69) is 0 Å². The Morgan fingerprint density at radius 1 is 1.17 bits per heavy atom. The molecular weight excluding hydrogens is 237 g/mol. The van der Waals surface area contributed by atoms with Crippen LogP contribution in [0.15, 0.2) is 42.5 Å². The topological polar surface area (TPSA) is 0 Å². The highest BCUT2D eigenvalue weighted by molar-refractivity contribution is 5.76. The van der Waals surface area contributed by atoms with Gasteiger partial charge in [-0.05, 0) is 30.4 Å². The van der Waals surface area contributed by atoms with Crippen LogP contribution in [0.5, 0.6) is 0 Å². The Hall–Kier alpha value is -1.51. The first kappa shape index (κ1) is 11.6. The summed E-state index contributed by atoms with van der Waals surface area (Å²) in [4.78, 5) is 0. The predicted octanol–water partition coefficient (Wildman–Crippen LogP) is 4.52. The van der Waals surface area contributed by atoms with Gasteiger partial charge in [-0.2, -0.15) is 13.2 Å². The molecule has 0 aliphatic heterocycles. The summed E-state index contributed by atoms with van der Waals surface area (Å²) in [6.07, 6.45) is 0.790. The van der Waals surface area contributed by atoms with Crippen LogP contribution in [-0.4, -0.2) is 6.18 Å². The molecule has 2 aliphatic carbocycles. The summed E-state index contributed by atoms with van der Waals surface area (Å²) in [7, 11) is 0. The smallest absolute Gasteiger partial charge is 0.170 e. The molecule has 1 fully saturated rings. The number of fused-ring (bicyclic) bond motifs is 1. The number of benzene rings is 1. The number of allylic oxidation sites excluding steroid dienone is 4. The highest BCUT2D eigenvalue weighted by Gasteiger charge is 2.68. The molecule has 0 spiro atoms. The molecule has 2 unspecified atom stereocenters. The lowest BCUT2D eigenvalue weighted by Crippen LogP contribution is -2.25. The molecule has 0 heterocycles. The van der Waals surface area contributed by atoms with Crippen molar-refractivity contribution >= 4 is 5.57 Å². The van der Waals surface area contributed by atoms with Gasteiger partial charge >= 0.3 is 6.18 Å². The third kappa shape index (κ3) is 1.61. The molecule has 0 radical (unpaired) electrons. The third-order valence-corrected chi connectivity index (χ3v) is 3.91. The van der Waals surface area contributed by atoms with E-state index < -0.39 is 11.6 Å². The largest absolute Gasteiger partial charge is 0.398 e. The Morgan fingerprint density at radius 3 is 2.39 bits per heavy atom. The molecule has 0 amide bonds. The molecule has 0 aromatic heterocycles. The normalized spacial score (nSPS) is 29.8. The van der Waals surface area contributed by atoms with Gasteiger partial charge in [-0.1, -0.05) is 48.1 Å². The summed E-state index contributed by atoms with van der Waals surface area (Å²) in [6, 6.07) is 7.86. The van der Waals surface area contributed by atoms with Gasteiger partial charge in [0, 0.05) is 0 Å². The second kappa shape index (κ2) is 3.50. The van der Waals surface area contributed by atoms with E-state index in [1.807, 2.05) is 31.2 Å². The standard InChI is InChI=1S/C15H13F3/c1-10-2-4-11(5-3-10)12-6-7-14(15(16,17)18)9-13(14)8-12/h2-8,13H,9H2,1H3. The highest BCUT2D eigenvalue weighted by Crippen LogP contribution is 2.66. The molecule has 1 aromatic carbocycles. The van der Waals surface area contributed by atoms with Gasteiger partial charge in [0.1, 0.15) is 0 Å². The molecule has 3 rings (SSSR count). The number of halogens is 3. The zero-order chi connectivity index (χ0) is 13.0. The van der Waals surface area contributed by atoms with Crippen molar-refractivity contribution in [2.24, 2.45) is 11.3 Å². The number of alkyl halides is 3. The molecule has 1 saturated carbocycles. The summed E-state index contributed by atoms with van der Waals surface area (Å²) >= 11 is 0. The fourth-order valence-electron chi connectivity index (χ4n) is 2.57. The van der Waals surface area contributed by atoms with E-state index in [9.17, 15) is 13.2 Å². The zero-order valence-electron chi connectivity index (χ0n) is 9.96. The van der Waals surface area contributed by atoms with Gasteiger partial charge in [0.25, 0.3) is 0 Å². The Morgan fingerprint density at radius 2 is 1.83 bits per heavy atom. The van der Waals surface area contributed by atoms with Gasteiger partial charge in [-0.15, -0.1) is 0 Å². The Balaban J connectivity index is 1.88. The first-order valence-electron chi connectivity index (χ1n) is 5.97. The second-order valence-electron chi connectivity index (χ2n) is 5.17. The van der Waals surface area contributed by atoms with E-state index >= 15 is 0 Å². The van der Waals surface area contributed by atoms with Crippen LogP contribution in [0.2, 0.25) is 0 Å². The van der Waals surface area contributed by atoms with E-state index in [0.717, 1.165) is 16.7 Å². The summed E-state index contributed by atoms with van der Waals surface area (Å²) in [5.74, 6) is -0.376. The first-order chi connectivity index (χ1) is 8.42. The van der Waals surface area contributed by atoms with Crippen LogP contribution in [0.4, 0.5) is 13.2 Å². The number of hydrogen-bond acceptors (Lipinski definition) is 0. The van der Waals surface area contributed by atoms with Gasteiger partial charge in [0.05, 0.1) is 5.41 Å². The van der Waals surface area contributed by atoms with E-state index in [1.54, 1.807) is 12.2 Å². The van der Waals surface area contributed by atoms with E-state index in [-0.39, 0.29) is 12.3 Å². The predicted molar refractivity (Wildman–Crippen MR) is 64.9 cm³/mol. The molecule has 94 valence electrons. The van der Waals surface area contributed by atoms with Gasteiger partial charge in [-0.3, -0.25) is 0 Å². The van der Waals surface area contributed by atoms with Crippen molar-refractivity contribution in [3.8, 4) is 0 Å². The minimum Gasteiger partial charge on any atom is -0.170 e. The third-order valence-electron chi connectivity index (χ3n) is 3.91. The highest BCUT2D eigenvalue weighted by atomic mass is 19.4. The van der Waals surface area contributed by atoms with Crippen LogP contribution in [0.1, 0.15) is 17.5 Å². The molecule has 18 heavy (non-hydrogen) atoms. The average Bonchev–Trinajstić information content (AvgIpc) is 3.04. The molecule has 0 N–H and O–H groups in total. The molecule has 3 heteroatoms. The summed E-state index contributed by atoms with van der Waals surface area (Å²) < 4.78 is 38.6. The zero-order valence-corrected chi connectivity index (χ0v) is 9.96. The van der Waals surface area contributed by atoms with Crippen molar-refractivity contribution < 1.29 is 13.2 Å². The second-order valence-corrected chi connectivity index (χ2v) is 5.17. The lowest BCUT2D eigenvalue weighted by Gasteiger charge is -2.19. The lowest BCUT2D eigenvalue weighted by molar-refractivity contribution is -0.175. The first-order valence-corrected chi connectivity index (χ1v) is 5.97. The van der Waals surface area contributed by atoms with Crippen molar-refractivity contribution in [3.63, 3.8) is 0 Å². The molecule has 0 bridgehead atoms. The number of aryl methyl sites for hydroxylation is 1. The SMILES string of the molecule is Cc1ccc(C2=CC3CC3(C(F)(F)F)C=C2)cc1. The summed E-state index contributed by atoms with van der Waals surface area (Å²) in [5.41, 5.74) is 1.47. The Kier molecular flexibility index (Phi) is 2.25. The van der Waals surface area contributed by atoms with Crippen LogP contribution in [-0.2, 0) is 0 Å². The van der Waals surface area contributed by atoms with Crippen LogP contribution in [0, 0.1) is 18.3 Å². The molecule has 1 aromatic rings. The van der Waals surface area contributed by atoms with Gasteiger partial charge in [-0.25, -0.2) is 0 Å². The molecule has 0 nitrogen and oxygen atoms in total. The van der Waals surface area contributed by atoms with Gasteiger partial charge in [0.15, 0.2) is 0 Å². The Labute approximate surface area is 104 Å². The quantitative estimate of drug-likeness (QED) is 0.687. The molecule has 0 saturated heterocycles. The van der Waals surface area contributed by atoms with Crippen molar-refractivity contribution in [3.05, 3.63) is 53.6 Å². The van der Waals surface area contributed by atoms with Crippen LogP contribution < -0.4 is 0 Å². The maximum absolute atomic E-state index is 12.9. The van der Waals surface area contributed by atoms with Crippen LogP contribution in [0.25, 0.3) is 5.57 Å². The van der Waals surface area contributed by atoms with Crippen molar-refractivity contribution in [2.45, 2.75) is 19.5 Å². The fourth-order valence-corrected chi connectivity index (χ4v) is 2.57. The van der Waals surface area contributed by atoms with Crippen molar-refractivity contribution in [2.75, 3.05) is 0 Å². The monoisotopic (exact) mass is 250 g/mol. The van der Waals surface area contributed by atoms with E-state index in [0.29, 0.717) is 0 Å². The van der Waals surface area contributed by atoms with E-state index in [1.165, 1.54) is 6.08 Å². The molecular formula is C15H13F3. The van der Waals surface area contributed by atoms with Gasteiger partial charge in [0.2, 0.25) is 0 Å². The maximum Gasteiger partial charge on any atom is 0.398 e. The number of rotatable bonds is 1. The van der Waals surface area contributed by atoms with Crippen molar-refractivity contribution in [1.82, 2.24) is 0 Å². The molecule has 2 atom stereocenters. The van der Waals surface area contributed by atoms with Crippen molar-refractivity contribution in [1.29, 1.82) is 0 Å². The average molecular weight is 250 g/mol. The minimum atomic E-state index is -4.12. The van der Waals surface area contributed by atoms with Crippen LogP contribution >= 0.6 is 0 Å². The van der Waals surface area contributed by atoms with Crippen LogP contribution in [0.3, 0.4) is 0 Å². The number of hydrogen-bond donors (Lipinski definition) is 0. The fraction of sp³-hybridized carbons (Fsp3) is 0.333. The minimum absolute atomic E-state index is 0.197. The molecule has 2 aliphatic rings.